The van der Waals surface area contributed by atoms with Crippen molar-refractivity contribution in [3.05, 3.63) is 12.7 Å². The summed E-state index contributed by atoms with van der Waals surface area (Å²) in [4.78, 5) is 51.8. The van der Waals surface area contributed by atoms with Gasteiger partial charge in [-0.1, -0.05) is 45.6 Å². The number of aliphatic hydroxyl groups excluding tert-OH is 1. The van der Waals surface area contributed by atoms with Gasteiger partial charge >= 0.3 is 17.9 Å². The highest BCUT2D eigenvalue weighted by atomic mass is 32.1. The molecule has 0 bridgehead atoms. The summed E-state index contributed by atoms with van der Waals surface area (Å²) in [6, 6.07) is -0.579. The van der Waals surface area contributed by atoms with Crippen molar-refractivity contribution >= 4 is 49.2 Å². The van der Waals surface area contributed by atoms with Gasteiger partial charge in [0.25, 0.3) is 0 Å². The van der Waals surface area contributed by atoms with E-state index in [1.165, 1.54) is 6.08 Å². The van der Waals surface area contributed by atoms with Crippen LogP contribution in [0.5, 0.6) is 0 Å². The summed E-state index contributed by atoms with van der Waals surface area (Å²) < 4.78 is 21.5. The minimum atomic E-state index is -2.23. The fraction of sp³-hybridized carbons (Fsp3) is 0.741. The van der Waals surface area contributed by atoms with Crippen LogP contribution >= 0.6 is 12.2 Å². The van der Waals surface area contributed by atoms with Crippen molar-refractivity contribution in [3.63, 3.8) is 0 Å². The average Bonchev–Trinajstić information content (AvgIpc) is 2.82. The Bertz CT molecular complexity index is 899. The Morgan fingerprint density at radius 1 is 1.10 bits per heavy atom. The molecule has 0 radical (unpaired) electrons. The highest BCUT2D eigenvalue weighted by molar-refractivity contribution is 7.80. The quantitative estimate of drug-likeness (QED) is 0.0544. The minimum Gasteiger partial charge on any atom is -0.465 e. The number of amides is 1. The van der Waals surface area contributed by atoms with E-state index in [1.54, 1.807) is 13.8 Å². The second-order valence-corrected chi connectivity index (χ2v) is 16.4. The lowest BCUT2D eigenvalue weighted by atomic mass is 9.80. The van der Waals surface area contributed by atoms with Crippen molar-refractivity contribution in [1.82, 2.24) is 4.90 Å². The van der Waals surface area contributed by atoms with Crippen LogP contribution in [0.4, 0.5) is 0 Å². The molecular formula is C27H45NO9SSi. The monoisotopic (exact) mass is 587 g/mol. The van der Waals surface area contributed by atoms with E-state index < -0.39 is 62.3 Å². The van der Waals surface area contributed by atoms with Crippen LogP contribution in [0, 0.1) is 11.8 Å². The van der Waals surface area contributed by atoms with Gasteiger partial charge in [0.05, 0.1) is 25.2 Å². The molecule has 0 saturated carbocycles. The lowest BCUT2D eigenvalue weighted by Crippen LogP contribution is -2.69. The summed E-state index contributed by atoms with van der Waals surface area (Å²) in [6.07, 6.45) is -0.435. The molecule has 1 unspecified atom stereocenters. The van der Waals surface area contributed by atoms with Crippen molar-refractivity contribution in [1.29, 1.82) is 0 Å². The fourth-order valence-electron chi connectivity index (χ4n) is 4.16. The van der Waals surface area contributed by atoms with Gasteiger partial charge in [0.2, 0.25) is 12.1 Å². The van der Waals surface area contributed by atoms with Crippen LogP contribution in [0.1, 0.15) is 60.8 Å². The van der Waals surface area contributed by atoms with Crippen LogP contribution in [0.25, 0.3) is 0 Å². The summed E-state index contributed by atoms with van der Waals surface area (Å²) in [5, 5.41) is 10.6. The van der Waals surface area contributed by atoms with E-state index in [2.05, 4.69) is 40.4 Å². The highest BCUT2D eigenvalue weighted by Crippen LogP contribution is 2.42. The Morgan fingerprint density at radius 3 is 2.10 bits per heavy atom. The first-order chi connectivity index (χ1) is 18.0. The normalized spacial score (nSPS) is 19.1. The maximum Gasteiger partial charge on any atom is 0.356 e. The zero-order valence-electron chi connectivity index (χ0n) is 24.5. The number of esters is 3. The van der Waals surface area contributed by atoms with Crippen LogP contribution in [0.15, 0.2) is 12.7 Å². The number of nitrogens with zero attached hydrogens (tertiary/aromatic N) is 1. The van der Waals surface area contributed by atoms with Crippen molar-refractivity contribution in [2.75, 3.05) is 19.8 Å². The molecule has 1 amide bonds. The van der Waals surface area contributed by atoms with Gasteiger partial charge in [-0.2, -0.15) is 0 Å². The van der Waals surface area contributed by atoms with Gasteiger partial charge in [-0.15, -0.1) is 0 Å². The van der Waals surface area contributed by atoms with E-state index in [0.29, 0.717) is 4.86 Å². The fourth-order valence-corrected chi connectivity index (χ4v) is 5.87. The third-order valence-corrected chi connectivity index (χ3v) is 12.2. The number of carbonyl (C=O) groups is 4. The average molecular weight is 588 g/mol. The number of carbonyl (C=O) groups excluding carboxylic acids is 4. The molecule has 222 valence electrons. The minimum absolute atomic E-state index is 0.0573. The van der Waals surface area contributed by atoms with E-state index in [9.17, 15) is 24.3 Å². The Balaban J connectivity index is 3.12. The van der Waals surface area contributed by atoms with Gasteiger partial charge in [-0.3, -0.25) is 14.4 Å². The Kier molecular flexibility index (Phi) is 13.4. The summed E-state index contributed by atoms with van der Waals surface area (Å²) in [6.45, 7) is 19.1. The summed E-state index contributed by atoms with van der Waals surface area (Å²) in [5.74, 6) is -4.61. The number of aliphatic hydroxyl groups is 1. The predicted octanol–water partition coefficient (Wildman–Crippen LogP) is 3.55. The topological polar surface area (TPSA) is 129 Å². The van der Waals surface area contributed by atoms with E-state index in [-0.39, 0.29) is 44.1 Å². The number of thiocarbonyl (C=S) groups is 1. The molecular weight excluding hydrogens is 542 g/mol. The van der Waals surface area contributed by atoms with Crippen LogP contribution in [0.3, 0.4) is 0 Å². The standard InChI is InChI=1S/C27H45NO9SSi/c1-10-15-36-26(33)23(30)28-20(21(22(28)29)17(4)37-39(8,9)27(5,6)7)14-13-18(38)16-19(24(31)34-11-2)25(32)35-12-3/h10,17,19-21,23,30H,1,11-16H2,2-9H3/t17-,20+,21-,23?/m1/s1. The zero-order valence-corrected chi connectivity index (χ0v) is 26.3. The molecule has 1 fully saturated rings. The van der Waals surface area contributed by atoms with Crippen LogP contribution < -0.4 is 0 Å². The van der Waals surface area contributed by atoms with Crippen molar-refractivity contribution < 1.29 is 42.9 Å². The van der Waals surface area contributed by atoms with E-state index >= 15 is 0 Å². The number of hydrogen-bond acceptors (Lipinski definition) is 10. The Morgan fingerprint density at radius 2 is 1.64 bits per heavy atom. The number of likely N-dealkylation sites (tertiary alicyclic amines) is 1. The van der Waals surface area contributed by atoms with Gasteiger partial charge in [0.15, 0.2) is 14.2 Å². The third-order valence-electron chi connectivity index (χ3n) is 7.21. The van der Waals surface area contributed by atoms with Crippen molar-refractivity contribution in [2.45, 2.75) is 97.3 Å². The molecule has 1 saturated heterocycles. The molecule has 1 heterocycles. The molecule has 1 aliphatic rings. The lowest BCUT2D eigenvalue weighted by Gasteiger charge is -2.52. The van der Waals surface area contributed by atoms with Gasteiger partial charge in [0.1, 0.15) is 6.61 Å². The smallest absolute Gasteiger partial charge is 0.356 e. The van der Waals surface area contributed by atoms with Crippen LogP contribution in [-0.4, -0.2) is 85.2 Å². The summed E-state index contributed by atoms with van der Waals surface area (Å²) in [7, 11) is -2.23. The number of hydrogen-bond donors (Lipinski definition) is 1. The molecule has 4 atom stereocenters. The largest absolute Gasteiger partial charge is 0.465 e. The van der Waals surface area contributed by atoms with E-state index in [1.807, 2.05) is 6.92 Å². The molecule has 1 aliphatic heterocycles. The molecule has 0 spiro atoms. The van der Waals surface area contributed by atoms with Crippen molar-refractivity contribution in [2.24, 2.45) is 11.8 Å². The summed E-state index contributed by atoms with van der Waals surface area (Å²) in [5.41, 5.74) is 0. The molecule has 1 N–H and O–H groups in total. The van der Waals surface area contributed by atoms with Gasteiger partial charge in [0, 0.05) is 12.5 Å². The van der Waals surface area contributed by atoms with E-state index in [0.717, 1.165) is 4.90 Å². The Labute approximate surface area is 238 Å². The zero-order chi connectivity index (χ0) is 30.1. The first kappa shape index (κ1) is 34.9. The van der Waals surface area contributed by atoms with Gasteiger partial charge in [-0.05, 0) is 56.6 Å². The molecule has 0 aromatic carbocycles. The van der Waals surface area contributed by atoms with Crippen LogP contribution in [0.2, 0.25) is 18.1 Å². The van der Waals surface area contributed by atoms with Crippen LogP contribution in [-0.2, 0) is 37.8 Å². The molecule has 10 nitrogen and oxygen atoms in total. The maximum atomic E-state index is 13.2. The van der Waals surface area contributed by atoms with Gasteiger partial charge in [-0.25, -0.2) is 4.79 Å². The van der Waals surface area contributed by atoms with E-state index in [4.69, 9.17) is 30.9 Å². The third kappa shape index (κ3) is 9.19. The second kappa shape index (κ2) is 15.0. The number of rotatable bonds is 16. The molecule has 0 aromatic rings. The molecule has 0 aliphatic carbocycles. The lowest BCUT2D eigenvalue weighted by molar-refractivity contribution is -0.196. The summed E-state index contributed by atoms with van der Waals surface area (Å²) >= 11 is 5.50. The molecule has 1 rings (SSSR count). The first-order valence-corrected chi connectivity index (χ1v) is 16.7. The maximum absolute atomic E-state index is 13.2. The SMILES string of the molecule is C=CCOC(=O)C(O)N1C(=O)[C@H]([C@@H](C)O[Si](C)(C)C(C)(C)C)[C@@H]1CCC(=S)CC(C(=O)OCC)C(=O)OCC. The Hall–Kier alpha value is -2.15. The van der Waals surface area contributed by atoms with Gasteiger partial charge < -0.3 is 28.6 Å². The molecule has 12 heteroatoms. The first-order valence-electron chi connectivity index (χ1n) is 13.3. The number of ether oxygens (including phenoxy) is 3. The molecule has 39 heavy (non-hydrogen) atoms. The van der Waals surface area contributed by atoms with Crippen molar-refractivity contribution in [3.8, 4) is 0 Å². The number of β-lactam (4-membered cyclic amide) rings is 1. The predicted molar refractivity (Wildman–Crippen MR) is 152 cm³/mol. The molecule has 0 aromatic heterocycles. The highest BCUT2D eigenvalue weighted by Gasteiger charge is 2.55. The second-order valence-electron chi connectivity index (χ2n) is 11.1.